The first kappa shape index (κ1) is 34.9. The van der Waals surface area contributed by atoms with Gasteiger partial charge in [-0.15, -0.1) is 11.3 Å². The topological polar surface area (TPSA) is 21.3 Å². The van der Waals surface area contributed by atoms with E-state index >= 15 is 0 Å². The van der Waals surface area contributed by atoms with Gasteiger partial charge in [0.1, 0.15) is 11.2 Å². The van der Waals surface area contributed by atoms with E-state index in [2.05, 4.69) is 228 Å². The molecule has 3 aromatic heterocycles. The highest BCUT2D eigenvalue weighted by atomic mass is 32.1. The van der Waals surface area contributed by atoms with Gasteiger partial charge in [0, 0.05) is 58.8 Å². The van der Waals surface area contributed by atoms with E-state index in [-0.39, 0.29) is 0 Å². The molecule has 62 heavy (non-hydrogen) atoms. The lowest BCUT2D eigenvalue weighted by atomic mass is 9.98. The fourth-order valence-electron chi connectivity index (χ4n) is 9.80. The Morgan fingerprint density at radius 1 is 0.403 bits per heavy atom. The predicted molar refractivity (Wildman–Crippen MR) is 264 cm³/mol. The van der Waals surface area contributed by atoms with Gasteiger partial charge in [0.15, 0.2) is 0 Å². The summed E-state index contributed by atoms with van der Waals surface area (Å²) in [7, 11) is 0. The summed E-state index contributed by atoms with van der Waals surface area (Å²) in [6.45, 7) is 0. The Kier molecular flexibility index (Phi) is 7.78. The Morgan fingerprint density at radius 3 is 1.92 bits per heavy atom. The van der Waals surface area contributed by atoms with Crippen molar-refractivity contribution in [2.45, 2.75) is 0 Å². The Labute approximate surface area is 361 Å². The molecule has 0 saturated carbocycles. The van der Waals surface area contributed by atoms with Crippen LogP contribution in [0, 0.1) is 0 Å². The van der Waals surface area contributed by atoms with Crippen molar-refractivity contribution in [2.75, 3.05) is 4.90 Å². The Hall–Kier alpha value is -7.92. The van der Waals surface area contributed by atoms with Crippen molar-refractivity contribution in [1.29, 1.82) is 0 Å². The van der Waals surface area contributed by atoms with Gasteiger partial charge in [-0.05, 0) is 107 Å². The van der Waals surface area contributed by atoms with Crippen molar-refractivity contribution < 1.29 is 4.42 Å². The lowest BCUT2D eigenvalue weighted by molar-refractivity contribution is 0.672. The standard InChI is InChI=1S/C58H36N2OS/c1-2-18-45-38(13-1)31-34-49-57-52(25-12-26-53(57)61-58(45)49)59(42-16-10-15-40(36-42)44-22-11-28-55-56(44)48-21-5-8-27-54(48)62-55)41-32-29-37(30-33-41)39-14-9-17-43(35-39)60-50-23-6-3-19-46(50)47-20-4-7-24-51(47)60/h1-36H. The zero-order valence-corrected chi connectivity index (χ0v) is 34.3. The number of para-hydroxylation sites is 2. The van der Waals surface area contributed by atoms with E-state index in [9.17, 15) is 0 Å². The summed E-state index contributed by atoms with van der Waals surface area (Å²) in [5.74, 6) is 0. The summed E-state index contributed by atoms with van der Waals surface area (Å²) in [5, 5.41) is 9.59. The number of hydrogen-bond donors (Lipinski definition) is 0. The number of furan rings is 1. The minimum Gasteiger partial charge on any atom is -0.455 e. The van der Waals surface area contributed by atoms with Crippen LogP contribution in [0.25, 0.3) is 103 Å². The Bertz CT molecular complexity index is 3830. The molecule has 0 radical (unpaired) electrons. The molecular weight excluding hydrogens is 773 g/mol. The van der Waals surface area contributed by atoms with Crippen molar-refractivity contribution in [3.05, 3.63) is 218 Å². The van der Waals surface area contributed by atoms with Crippen LogP contribution in [-0.4, -0.2) is 4.57 Å². The van der Waals surface area contributed by atoms with Gasteiger partial charge < -0.3 is 13.9 Å². The van der Waals surface area contributed by atoms with Gasteiger partial charge in [-0.1, -0.05) is 140 Å². The quantitative estimate of drug-likeness (QED) is 0.167. The van der Waals surface area contributed by atoms with Crippen molar-refractivity contribution in [1.82, 2.24) is 4.57 Å². The summed E-state index contributed by atoms with van der Waals surface area (Å²) in [6.07, 6.45) is 0. The molecule has 13 aromatic rings. The minimum atomic E-state index is 0.864. The second kappa shape index (κ2) is 13.8. The smallest absolute Gasteiger partial charge is 0.143 e. The molecule has 0 aliphatic heterocycles. The molecular formula is C58H36N2OS. The number of hydrogen-bond acceptors (Lipinski definition) is 3. The molecule has 0 fully saturated rings. The van der Waals surface area contributed by atoms with Gasteiger partial charge in [0.2, 0.25) is 0 Å². The largest absolute Gasteiger partial charge is 0.455 e. The fourth-order valence-corrected chi connectivity index (χ4v) is 10.9. The van der Waals surface area contributed by atoms with Crippen LogP contribution in [0.5, 0.6) is 0 Å². The van der Waals surface area contributed by atoms with Crippen LogP contribution < -0.4 is 4.90 Å². The summed E-state index contributed by atoms with van der Waals surface area (Å²) in [5.41, 5.74) is 13.2. The van der Waals surface area contributed by atoms with Crippen LogP contribution >= 0.6 is 11.3 Å². The first-order valence-electron chi connectivity index (χ1n) is 21.1. The van der Waals surface area contributed by atoms with Gasteiger partial charge in [-0.25, -0.2) is 0 Å². The molecule has 0 bridgehead atoms. The van der Waals surface area contributed by atoms with Gasteiger partial charge in [0.05, 0.1) is 22.1 Å². The molecule has 4 heteroatoms. The van der Waals surface area contributed by atoms with Crippen molar-refractivity contribution in [3.8, 4) is 27.9 Å². The Morgan fingerprint density at radius 2 is 1.08 bits per heavy atom. The number of rotatable bonds is 6. The maximum atomic E-state index is 6.75. The van der Waals surface area contributed by atoms with Crippen molar-refractivity contribution >= 4 is 103 Å². The normalized spacial score (nSPS) is 11.9. The monoisotopic (exact) mass is 808 g/mol. The molecule has 0 unspecified atom stereocenters. The lowest BCUT2D eigenvalue weighted by Gasteiger charge is -2.27. The van der Waals surface area contributed by atoms with Gasteiger partial charge in [0.25, 0.3) is 0 Å². The maximum Gasteiger partial charge on any atom is 0.143 e. The van der Waals surface area contributed by atoms with Crippen LogP contribution in [0.15, 0.2) is 223 Å². The lowest BCUT2D eigenvalue weighted by Crippen LogP contribution is -2.10. The van der Waals surface area contributed by atoms with E-state index in [4.69, 9.17) is 4.42 Å². The molecule has 290 valence electrons. The van der Waals surface area contributed by atoms with Gasteiger partial charge in [-0.2, -0.15) is 0 Å². The number of nitrogens with zero attached hydrogens (tertiary/aromatic N) is 2. The molecule has 0 spiro atoms. The van der Waals surface area contributed by atoms with Gasteiger partial charge in [-0.3, -0.25) is 0 Å². The first-order valence-corrected chi connectivity index (χ1v) is 21.9. The molecule has 13 rings (SSSR count). The molecule has 3 nitrogen and oxygen atoms in total. The second-order valence-electron chi connectivity index (χ2n) is 16.0. The van der Waals surface area contributed by atoms with Gasteiger partial charge >= 0.3 is 0 Å². The van der Waals surface area contributed by atoms with E-state index in [1.165, 1.54) is 53.1 Å². The molecule has 0 amide bonds. The van der Waals surface area contributed by atoms with Crippen LogP contribution in [0.2, 0.25) is 0 Å². The third kappa shape index (κ3) is 5.37. The summed E-state index contributed by atoms with van der Waals surface area (Å²) >= 11 is 1.86. The summed E-state index contributed by atoms with van der Waals surface area (Å²) in [4.78, 5) is 2.40. The average Bonchev–Trinajstić information content (AvgIpc) is 4.02. The molecule has 3 heterocycles. The molecule has 0 N–H and O–H groups in total. The average molecular weight is 809 g/mol. The van der Waals surface area contributed by atoms with E-state index in [1.54, 1.807) is 0 Å². The maximum absolute atomic E-state index is 6.75. The number of aromatic nitrogens is 1. The Balaban J connectivity index is 0.983. The zero-order valence-electron chi connectivity index (χ0n) is 33.5. The number of benzene rings is 10. The molecule has 0 aliphatic rings. The highest BCUT2D eigenvalue weighted by Gasteiger charge is 2.22. The highest BCUT2D eigenvalue weighted by molar-refractivity contribution is 7.25. The van der Waals surface area contributed by atoms with Crippen LogP contribution in [0.1, 0.15) is 0 Å². The molecule has 0 aliphatic carbocycles. The fraction of sp³-hybridized carbons (Fsp3) is 0. The molecule has 0 saturated heterocycles. The zero-order chi connectivity index (χ0) is 40.7. The van der Waals surface area contributed by atoms with E-state index < -0.39 is 0 Å². The molecule has 10 aromatic carbocycles. The summed E-state index contributed by atoms with van der Waals surface area (Å²) < 4.78 is 11.7. The minimum absolute atomic E-state index is 0.864. The van der Waals surface area contributed by atoms with E-state index in [1.807, 2.05) is 11.3 Å². The van der Waals surface area contributed by atoms with Crippen LogP contribution in [-0.2, 0) is 0 Å². The first-order chi connectivity index (χ1) is 30.7. The van der Waals surface area contributed by atoms with Crippen LogP contribution in [0.3, 0.4) is 0 Å². The summed E-state index contributed by atoms with van der Waals surface area (Å²) in [6, 6.07) is 79.2. The van der Waals surface area contributed by atoms with E-state index in [0.29, 0.717) is 0 Å². The number of fused-ring (bicyclic) bond motifs is 11. The predicted octanol–water partition coefficient (Wildman–Crippen LogP) is 17.0. The van der Waals surface area contributed by atoms with Crippen molar-refractivity contribution in [2.24, 2.45) is 0 Å². The van der Waals surface area contributed by atoms with Crippen molar-refractivity contribution in [3.63, 3.8) is 0 Å². The van der Waals surface area contributed by atoms with Crippen LogP contribution in [0.4, 0.5) is 17.1 Å². The highest BCUT2D eigenvalue weighted by Crippen LogP contribution is 2.46. The third-order valence-corrected chi connectivity index (χ3v) is 13.7. The number of thiophene rings is 1. The number of anilines is 3. The second-order valence-corrected chi connectivity index (χ2v) is 17.1. The molecule has 0 atom stereocenters. The van der Waals surface area contributed by atoms with E-state index in [0.717, 1.165) is 66.6 Å². The SMILES string of the molecule is c1cc(-c2cccc3sc4ccccc4c23)cc(N(c2ccc(-c3cccc(-n4c5ccccc5c5ccccc54)c3)cc2)c2cccc3oc4c5ccccc5ccc4c23)c1. The third-order valence-electron chi connectivity index (χ3n) is 12.6.